The van der Waals surface area contributed by atoms with Gasteiger partial charge in [-0.15, -0.1) is 0 Å². The molecule has 4 aliphatic heterocycles. The molecule has 0 unspecified atom stereocenters. The van der Waals surface area contributed by atoms with Crippen molar-refractivity contribution in [1.29, 1.82) is 0 Å². The maximum absolute atomic E-state index is 13.6. The number of rotatable bonds is 2. The number of hydrogen-bond donors (Lipinski definition) is 1. The second-order valence-corrected chi connectivity index (χ2v) is 8.50. The van der Waals surface area contributed by atoms with Crippen molar-refractivity contribution in [2.24, 2.45) is 11.8 Å². The summed E-state index contributed by atoms with van der Waals surface area (Å²) in [6.45, 7) is 4.65. The van der Waals surface area contributed by atoms with Gasteiger partial charge in [0.25, 0.3) is 0 Å². The Balaban J connectivity index is 1.32. The Morgan fingerprint density at radius 3 is 2.71 bits per heavy atom. The van der Waals surface area contributed by atoms with Crippen molar-refractivity contribution in [1.82, 2.24) is 25.1 Å². The SMILES string of the molecule is O=C([C@H]1[C@@H]2CNC[C@@H](C2)[C@@H]2CCCC(=O)N21)N1CCN(c2cnccn2)CC1. The first-order valence-corrected chi connectivity index (χ1v) is 10.5. The minimum absolute atomic E-state index is 0.145. The second kappa shape index (κ2) is 7.31. The Labute approximate surface area is 165 Å². The average molecular weight is 384 g/mol. The quantitative estimate of drug-likeness (QED) is 0.780. The smallest absolute Gasteiger partial charge is 0.245 e. The Hall–Kier alpha value is -2.22. The number of piperazine rings is 1. The summed E-state index contributed by atoms with van der Waals surface area (Å²) in [5.74, 6) is 1.93. The number of carbonyl (C=O) groups is 2. The fourth-order valence-corrected chi connectivity index (χ4v) is 5.63. The van der Waals surface area contributed by atoms with Gasteiger partial charge in [0.2, 0.25) is 11.8 Å². The fourth-order valence-electron chi connectivity index (χ4n) is 5.63. The van der Waals surface area contributed by atoms with Crippen LogP contribution >= 0.6 is 0 Å². The summed E-state index contributed by atoms with van der Waals surface area (Å²) in [5, 5.41) is 3.52. The monoisotopic (exact) mass is 384 g/mol. The summed E-state index contributed by atoms with van der Waals surface area (Å²) in [5.41, 5.74) is 0. The zero-order valence-electron chi connectivity index (χ0n) is 16.2. The number of nitrogens with one attached hydrogen (secondary N) is 1. The molecule has 0 radical (unpaired) electrons. The molecule has 0 aliphatic carbocycles. The van der Waals surface area contributed by atoms with Gasteiger partial charge in [0.15, 0.2) is 0 Å². The molecule has 28 heavy (non-hydrogen) atoms. The third-order valence-electron chi connectivity index (χ3n) is 6.96. The van der Waals surface area contributed by atoms with Crippen molar-refractivity contribution in [3.05, 3.63) is 18.6 Å². The molecule has 2 bridgehead atoms. The average Bonchev–Trinajstić information content (AvgIpc) is 2.75. The third kappa shape index (κ3) is 3.03. The zero-order valence-corrected chi connectivity index (χ0v) is 16.2. The molecule has 0 saturated carbocycles. The predicted octanol–water partition coefficient (Wildman–Crippen LogP) is 0.114. The van der Waals surface area contributed by atoms with E-state index < -0.39 is 0 Å². The van der Waals surface area contributed by atoms with Crippen LogP contribution in [0.1, 0.15) is 25.7 Å². The van der Waals surface area contributed by atoms with Gasteiger partial charge in [0.1, 0.15) is 11.9 Å². The highest BCUT2D eigenvalue weighted by molar-refractivity contribution is 5.89. The summed E-state index contributed by atoms with van der Waals surface area (Å²) < 4.78 is 0. The van der Waals surface area contributed by atoms with Crippen LogP contribution in [0.15, 0.2) is 18.6 Å². The number of nitrogens with zero attached hydrogens (tertiary/aromatic N) is 5. The van der Waals surface area contributed by atoms with E-state index in [1.165, 1.54) is 0 Å². The molecule has 4 saturated heterocycles. The Morgan fingerprint density at radius 1 is 1.11 bits per heavy atom. The van der Waals surface area contributed by atoms with Crippen molar-refractivity contribution in [3.8, 4) is 0 Å². The molecule has 0 spiro atoms. The second-order valence-electron chi connectivity index (χ2n) is 8.50. The molecular weight excluding hydrogens is 356 g/mol. The molecule has 5 rings (SSSR count). The van der Waals surface area contributed by atoms with Gasteiger partial charge in [-0.1, -0.05) is 0 Å². The van der Waals surface area contributed by atoms with Gasteiger partial charge >= 0.3 is 0 Å². The topological polar surface area (TPSA) is 81.7 Å². The Morgan fingerprint density at radius 2 is 1.93 bits per heavy atom. The number of anilines is 1. The summed E-state index contributed by atoms with van der Waals surface area (Å²) >= 11 is 0. The number of aromatic nitrogens is 2. The molecule has 1 N–H and O–H groups in total. The number of piperidine rings is 3. The van der Waals surface area contributed by atoms with Gasteiger partial charge in [-0.05, 0) is 31.7 Å². The number of hydrogen-bond acceptors (Lipinski definition) is 6. The fraction of sp³-hybridized carbons (Fsp3) is 0.700. The molecule has 8 heteroatoms. The molecule has 5 heterocycles. The lowest BCUT2D eigenvalue weighted by Gasteiger charge is -2.54. The molecule has 4 fully saturated rings. The molecule has 1 aromatic rings. The first-order chi connectivity index (χ1) is 13.7. The third-order valence-corrected chi connectivity index (χ3v) is 6.96. The van der Waals surface area contributed by atoms with Crippen molar-refractivity contribution in [2.75, 3.05) is 44.2 Å². The van der Waals surface area contributed by atoms with E-state index in [2.05, 4.69) is 20.2 Å². The van der Waals surface area contributed by atoms with E-state index in [-0.39, 0.29) is 29.8 Å². The molecule has 2 amide bonds. The van der Waals surface area contributed by atoms with E-state index in [1.807, 2.05) is 9.80 Å². The normalized spacial score (nSPS) is 32.9. The van der Waals surface area contributed by atoms with E-state index in [9.17, 15) is 9.59 Å². The number of carbonyl (C=O) groups excluding carboxylic acids is 2. The van der Waals surface area contributed by atoms with Crippen LogP contribution < -0.4 is 10.2 Å². The van der Waals surface area contributed by atoms with Gasteiger partial charge in [0, 0.05) is 63.5 Å². The van der Waals surface area contributed by atoms with Gasteiger partial charge in [-0.3, -0.25) is 14.6 Å². The molecular formula is C20H28N6O2. The van der Waals surface area contributed by atoms with Crippen molar-refractivity contribution < 1.29 is 9.59 Å². The maximum atomic E-state index is 13.6. The van der Waals surface area contributed by atoms with E-state index >= 15 is 0 Å². The van der Waals surface area contributed by atoms with Crippen LogP contribution in [0.4, 0.5) is 5.82 Å². The molecule has 0 aromatic carbocycles. The summed E-state index contributed by atoms with van der Waals surface area (Å²) in [6.07, 6.45) is 8.79. The number of fused-ring (bicyclic) bond motifs is 4. The highest BCUT2D eigenvalue weighted by atomic mass is 16.2. The Bertz CT molecular complexity index is 735. The van der Waals surface area contributed by atoms with Gasteiger partial charge < -0.3 is 20.0 Å². The molecule has 1 aromatic heterocycles. The minimum atomic E-state index is -0.287. The summed E-state index contributed by atoms with van der Waals surface area (Å²) in [4.78, 5) is 41.0. The van der Waals surface area contributed by atoms with Crippen molar-refractivity contribution >= 4 is 17.6 Å². The molecule has 150 valence electrons. The van der Waals surface area contributed by atoms with Crippen molar-refractivity contribution in [3.63, 3.8) is 0 Å². The Kier molecular flexibility index (Phi) is 4.66. The van der Waals surface area contributed by atoms with E-state index in [1.54, 1.807) is 18.6 Å². The van der Waals surface area contributed by atoms with E-state index in [4.69, 9.17) is 0 Å². The largest absolute Gasteiger partial charge is 0.352 e. The summed E-state index contributed by atoms with van der Waals surface area (Å²) in [6, 6.07) is -0.0509. The lowest BCUT2D eigenvalue weighted by molar-refractivity contribution is -0.162. The van der Waals surface area contributed by atoms with Gasteiger partial charge in [0.05, 0.1) is 6.20 Å². The minimum Gasteiger partial charge on any atom is -0.352 e. The zero-order chi connectivity index (χ0) is 19.1. The van der Waals surface area contributed by atoms with Crippen LogP contribution in [0.25, 0.3) is 0 Å². The van der Waals surface area contributed by atoms with Crippen LogP contribution in [-0.2, 0) is 9.59 Å². The van der Waals surface area contributed by atoms with Gasteiger partial charge in [-0.2, -0.15) is 0 Å². The molecule has 4 atom stereocenters. The first kappa shape index (κ1) is 17.8. The van der Waals surface area contributed by atoms with Crippen LogP contribution in [-0.4, -0.2) is 82.9 Å². The predicted molar refractivity (Wildman–Crippen MR) is 104 cm³/mol. The molecule has 8 nitrogen and oxygen atoms in total. The van der Waals surface area contributed by atoms with Crippen LogP contribution in [0, 0.1) is 11.8 Å². The lowest BCUT2D eigenvalue weighted by atomic mass is 9.72. The van der Waals surface area contributed by atoms with Crippen molar-refractivity contribution in [2.45, 2.75) is 37.8 Å². The van der Waals surface area contributed by atoms with Crippen LogP contribution in [0.3, 0.4) is 0 Å². The van der Waals surface area contributed by atoms with Crippen LogP contribution in [0.2, 0.25) is 0 Å². The van der Waals surface area contributed by atoms with E-state index in [0.717, 1.165) is 51.3 Å². The standard InChI is InChI=1S/C20H28N6O2/c27-18-3-1-2-16-14-10-15(12-22-11-14)19(26(16)18)20(28)25-8-6-24(7-9-25)17-13-21-4-5-23-17/h4-5,13-16,19,22H,1-3,6-12H2/t14-,15+,16+,19-/m1/s1. The van der Waals surface area contributed by atoms with Gasteiger partial charge in [-0.25, -0.2) is 4.98 Å². The highest BCUT2D eigenvalue weighted by Crippen LogP contribution is 2.40. The summed E-state index contributed by atoms with van der Waals surface area (Å²) in [7, 11) is 0. The highest BCUT2D eigenvalue weighted by Gasteiger charge is 2.51. The lowest BCUT2D eigenvalue weighted by Crippen LogP contribution is -2.69. The van der Waals surface area contributed by atoms with Crippen LogP contribution in [0.5, 0.6) is 0 Å². The van der Waals surface area contributed by atoms with E-state index in [0.29, 0.717) is 25.4 Å². The first-order valence-electron chi connectivity index (χ1n) is 10.5. The number of amides is 2. The molecule has 4 aliphatic rings. The maximum Gasteiger partial charge on any atom is 0.245 e.